The van der Waals surface area contributed by atoms with E-state index in [9.17, 15) is 4.21 Å². The van der Waals surface area contributed by atoms with Crippen molar-refractivity contribution in [2.24, 2.45) is 0 Å². The zero-order valence-corrected chi connectivity index (χ0v) is 8.50. The molecule has 1 atom stereocenters. The zero-order valence-electron chi connectivity index (χ0n) is 7.69. The lowest BCUT2D eigenvalue weighted by atomic mass is 10.3. The average molecular weight is 210 g/mol. The zero-order chi connectivity index (χ0) is 10.4. The molecule has 5 heteroatoms. The van der Waals surface area contributed by atoms with Crippen molar-refractivity contribution in [1.29, 1.82) is 5.26 Å². The minimum Gasteiger partial charge on any atom is -0.479 e. The van der Waals surface area contributed by atoms with E-state index >= 15 is 0 Å². The Kier molecular flexibility index (Phi) is 3.95. The van der Waals surface area contributed by atoms with Crippen molar-refractivity contribution in [3.63, 3.8) is 0 Å². The molecule has 4 nitrogen and oxygen atoms in total. The van der Waals surface area contributed by atoms with Gasteiger partial charge in [0.05, 0.1) is 0 Å². The molecule has 0 aliphatic rings. The van der Waals surface area contributed by atoms with Gasteiger partial charge < -0.3 is 9.46 Å². The van der Waals surface area contributed by atoms with Crippen molar-refractivity contribution < 1.29 is 8.95 Å². The van der Waals surface area contributed by atoms with Crippen LogP contribution in [0, 0.1) is 11.3 Å². The summed E-state index contributed by atoms with van der Waals surface area (Å²) in [7, 11) is -1.07. The van der Waals surface area contributed by atoms with Gasteiger partial charge in [-0.15, -0.1) is 0 Å². The van der Waals surface area contributed by atoms with Crippen LogP contribution in [-0.4, -0.2) is 17.1 Å². The summed E-state index contributed by atoms with van der Waals surface area (Å²) in [5.41, 5.74) is 0.759. The molecule has 0 saturated heterocycles. The number of benzene rings is 1. The normalized spacial score (nSPS) is 11.4. The number of hydrogen-bond donors (Lipinski definition) is 1. The maximum Gasteiger partial charge on any atom is 0.174 e. The lowest BCUT2D eigenvalue weighted by molar-refractivity contribution is 0.368. The lowest BCUT2D eigenvalue weighted by Gasteiger charge is -2.04. The van der Waals surface area contributed by atoms with Crippen LogP contribution < -0.4 is 9.46 Å². The minimum atomic E-state index is -1.07. The maximum absolute atomic E-state index is 10.8. The molecule has 0 radical (unpaired) electrons. The number of rotatable bonds is 4. The van der Waals surface area contributed by atoms with Crippen molar-refractivity contribution in [2.75, 3.05) is 17.6 Å². The number of anilines is 1. The molecule has 0 bridgehead atoms. The van der Waals surface area contributed by atoms with Gasteiger partial charge in [-0.2, -0.15) is 5.26 Å². The Balaban J connectivity index is 2.60. The smallest absolute Gasteiger partial charge is 0.174 e. The van der Waals surface area contributed by atoms with Crippen LogP contribution in [0.2, 0.25) is 0 Å². The lowest BCUT2D eigenvalue weighted by Crippen LogP contribution is -2.00. The monoisotopic (exact) mass is 210 g/mol. The fraction of sp³-hybridized carbons (Fsp3) is 0.222. The summed E-state index contributed by atoms with van der Waals surface area (Å²) < 4.78 is 18.6. The van der Waals surface area contributed by atoms with E-state index in [1.54, 1.807) is 30.5 Å². The molecular weight excluding hydrogens is 200 g/mol. The number of nitrogens with one attached hydrogen (secondary N) is 1. The van der Waals surface area contributed by atoms with Gasteiger partial charge in [-0.05, 0) is 24.3 Å². The highest BCUT2D eigenvalue weighted by Crippen LogP contribution is 2.15. The second-order valence-corrected chi connectivity index (χ2v) is 3.64. The van der Waals surface area contributed by atoms with Crippen LogP contribution in [0.4, 0.5) is 5.69 Å². The highest BCUT2D eigenvalue weighted by atomic mass is 32.2. The van der Waals surface area contributed by atoms with E-state index in [1.165, 1.54) is 0 Å². The molecule has 0 aromatic heterocycles. The van der Waals surface area contributed by atoms with Crippen LogP contribution in [0.1, 0.15) is 0 Å². The Hall–Kier alpha value is -1.54. The van der Waals surface area contributed by atoms with Gasteiger partial charge in [0.2, 0.25) is 0 Å². The molecule has 14 heavy (non-hydrogen) atoms. The highest BCUT2D eigenvalue weighted by Gasteiger charge is 1.95. The quantitative estimate of drug-likeness (QED) is 0.814. The molecule has 1 aromatic rings. The van der Waals surface area contributed by atoms with Crippen LogP contribution in [0.15, 0.2) is 24.3 Å². The second kappa shape index (κ2) is 5.25. The summed E-state index contributed by atoms with van der Waals surface area (Å²) >= 11 is 0. The van der Waals surface area contributed by atoms with E-state index < -0.39 is 11.0 Å². The third-order valence-corrected chi connectivity index (χ3v) is 1.94. The first kappa shape index (κ1) is 10.5. The third-order valence-electron chi connectivity index (χ3n) is 1.42. The molecule has 1 rings (SSSR count). The fourth-order valence-electron chi connectivity index (χ4n) is 0.901. The summed E-state index contributed by atoms with van der Waals surface area (Å²) in [4.78, 5) is 0. The molecule has 0 heterocycles. The van der Waals surface area contributed by atoms with E-state index in [2.05, 4.69) is 4.72 Å². The first-order valence-electron chi connectivity index (χ1n) is 3.92. The molecule has 74 valence electrons. The predicted molar refractivity (Wildman–Crippen MR) is 55.2 cm³/mol. The molecule has 1 unspecified atom stereocenters. The summed E-state index contributed by atoms with van der Waals surface area (Å²) in [6.45, 7) is 0.0342. The van der Waals surface area contributed by atoms with Gasteiger partial charge in [-0.3, -0.25) is 0 Å². The van der Waals surface area contributed by atoms with Crippen LogP contribution in [0.25, 0.3) is 0 Å². The summed E-state index contributed by atoms with van der Waals surface area (Å²) in [5.74, 6) is 0.624. The maximum atomic E-state index is 10.8. The van der Waals surface area contributed by atoms with Gasteiger partial charge in [0.25, 0.3) is 0 Å². The third kappa shape index (κ3) is 3.46. The Bertz CT molecular complexity index is 356. The molecule has 0 aliphatic carbocycles. The van der Waals surface area contributed by atoms with Gasteiger partial charge in [-0.1, -0.05) is 0 Å². The van der Waals surface area contributed by atoms with Crippen LogP contribution in [0.3, 0.4) is 0 Å². The van der Waals surface area contributed by atoms with Crippen molar-refractivity contribution in [1.82, 2.24) is 0 Å². The number of nitriles is 1. The van der Waals surface area contributed by atoms with Crippen LogP contribution in [0.5, 0.6) is 5.75 Å². The van der Waals surface area contributed by atoms with E-state index in [0.717, 1.165) is 5.69 Å². The van der Waals surface area contributed by atoms with E-state index in [1.807, 2.05) is 6.07 Å². The Labute approximate surface area is 85.1 Å². The molecule has 0 aliphatic heterocycles. The van der Waals surface area contributed by atoms with E-state index in [0.29, 0.717) is 5.75 Å². The van der Waals surface area contributed by atoms with Crippen molar-refractivity contribution >= 4 is 16.7 Å². The van der Waals surface area contributed by atoms with Gasteiger partial charge >= 0.3 is 0 Å². The molecule has 0 saturated carbocycles. The Morgan fingerprint density at radius 3 is 2.64 bits per heavy atom. The largest absolute Gasteiger partial charge is 0.479 e. The average Bonchev–Trinajstić information content (AvgIpc) is 2.16. The van der Waals surface area contributed by atoms with E-state index in [4.69, 9.17) is 10.00 Å². The van der Waals surface area contributed by atoms with Gasteiger partial charge in [-0.25, -0.2) is 4.21 Å². The molecule has 0 amide bonds. The predicted octanol–water partition coefficient (Wildman–Crippen LogP) is 1.29. The van der Waals surface area contributed by atoms with E-state index in [-0.39, 0.29) is 6.61 Å². The summed E-state index contributed by atoms with van der Waals surface area (Å²) in [5, 5.41) is 8.27. The van der Waals surface area contributed by atoms with Crippen molar-refractivity contribution in [2.45, 2.75) is 0 Å². The fourth-order valence-corrected chi connectivity index (χ4v) is 1.37. The van der Waals surface area contributed by atoms with Gasteiger partial charge in [0.15, 0.2) is 6.61 Å². The number of nitrogens with zero attached hydrogens (tertiary/aromatic N) is 1. The highest BCUT2D eigenvalue weighted by molar-refractivity contribution is 7.85. The standard InChI is InChI=1S/C9H10N2O2S/c1-14(12)11-8-2-4-9(5-3-8)13-7-6-10/h2-5,11H,7H2,1H3. The summed E-state index contributed by atoms with van der Waals surface area (Å²) in [6.07, 6.45) is 1.56. The second-order valence-electron chi connectivity index (χ2n) is 2.53. The molecule has 1 aromatic carbocycles. The Morgan fingerprint density at radius 2 is 2.14 bits per heavy atom. The van der Waals surface area contributed by atoms with Gasteiger partial charge in [0, 0.05) is 11.9 Å². The van der Waals surface area contributed by atoms with Crippen LogP contribution in [-0.2, 0) is 11.0 Å². The molecular formula is C9H10N2O2S. The van der Waals surface area contributed by atoms with Crippen molar-refractivity contribution in [3.05, 3.63) is 24.3 Å². The summed E-state index contributed by atoms with van der Waals surface area (Å²) in [6, 6.07) is 8.79. The minimum absolute atomic E-state index is 0.0342. The van der Waals surface area contributed by atoms with Crippen LogP contribution >= 0.6 is 0 Å². The number of ether oxygens (including phenoxy) is 1. The topological polar surface area (TPSA) is 62.1 Å². The molecule has 0 spiro atoms. The Morgan fingerprint density at radius 1 is 1.50 bits per heavy atom. The number of hydrogen-bond acceptors (Lipinski definition) is 3. The van der Waals surface area contributed by atoms with Crippen molar-refractivity contribution in [3.8, 4) is 11.8 Å². The molecule has 0 fully saturated rings. The first-order chi connectivity index (χ1) is 6.72. The SMILES string of the molecule is CS(=O)Nc1ccc(OCC#N)cc1. The first-order valence-corrected chi connectivity index (χ1v) is 5.48. The molecule has 1 N–H and O–H groups in total. The van der Waals surface area contributed by atoms with Gasteiger partial charge in [0.1, 0.15) is 22.8 Å².